The molecule has 0 fully saturated rings. The summed E-state index contributed by atoms with van der Waals surface area (Å²) in [6.07, 6.45) is 0. The van der Waals surface area contributed by atoms with Gasteiger partial charge in [0.25, 0.3) is 0 Å². The van der Waals surface area contributed by atoms with E-state index >= 15 is 0 Å². The molecule has 0 spiro atoms. The Balaban J connectivity index is 1.85. The van der Waals surface area contributed by atoms with Crippen molar-refractivity contribution >= 4 is 21.6 Å². The minimum atomic E-state index is -0.625. The molecule has 0 amide bonds. The van der Waals surface area contributed by atoms with E-state index < -0.39 is 11.6 Å². The predicted molar refractivity (Wildman–Crippen MR) is 74.5 cm³/mol. The lowest BCUT2D eigenvalue weighted by Crippen LogP contribution is -2.12. The maximum atomic E-state index is 13.4. The minimum Gasteiger partial charge on any atom is -0.492 e. The average molecular weight is 328 g/mol. The minimum absolute atomic E-state index is 0.223. The molecule has 0 aliphatic rings. The van der Waals surface area contributed by atoms with Crippen molar-refractivity contribution in [2.24, 2.45) is 0 Å². The van der Waals surface area contributed by atoms with E-state index in [-0.39, 0.29) is 10.2 Å². The van der Waals surface area contributed by atoms with Gasteiger partial charge in [-0.1, -0.05) is 18.2 Å². The maximum absolute atomic E-state index is 13.4. The van der Waals surface area contributed by atoms with E-state index in [0.29, 0.717) is 13.2 Å². The number of hydrogen-bond acceptors (Lipinski definition) is 2. The van der Waals surface area contributed by atoms with Gasteiger partial charge in [-0.25, -0.2) is 8.78 Å². The van der Waals surface area contributed by atoms with Crippen LogP contribution in [0.1, 0.15) is 0 Å². The maximum Gasteiger partial charge on any atom is 0.149 e. The molecule has 0 heterocycles. The zero-order valence-corrected chi connectivity index (χ0v) is 11.6. The summed E-state index contributed by atoms with van der Waals surface area (Å²) in [4.78, 5) is 0. The quantitative estimate of drug-likeness (QED) is 0.655. The smallest absolute Gasteiger partial charge is 0.149 e. The van der Waals surface area contributed by atoms with Gasteiger partial charge in [-0.3, -0.25) is 0 Å². The van der Waals surface area contributed by atoms with Crippen LogP contribution in [-0.2, 0) is 0 Å². The average Bonchev–Trinajstić information content (AvgIpc) is 2.41. The first kappa shape index (κ1) is 13.8. The Morgan fingerprint density at radius 2 is 1.79 bits per heavy atom. The van der Waals surface area contributed by atoms with Crippen molar-refractivity contribution in [2.45, 2.75) is 0 Å². The van der Waals surface area contributed by atoms with Gasteiger partial charge in [-0.05, 0) is 34.1 Å². The third-order valence-corrected chi connectivity index (χ3v) is 3.05. The fraction of sp³-hybridized carbons (Fsp3) is 0.143. The van der Waals surface area contributed by atoms with E-state index in [9.17, 15) is 8.78 Å². The van der Waals surface area contributed by atoms with Crippen molar-refractivity contribution < 1.29 is 13.5 Å². The van der Waals surface area contributed by atoms with Crippen molar-refractivity contribution in [3.63, 3.8) is 0 Å². The van der Waals surface area contributed by atoms with E-state index in [0.717, 1.165) is 11.8 Å². The summed E-state index contributed by atoms with van der Waals surface area (Å²) in [7, 11) is 0. The largest absolute Gasteiger partial charge is 0.492 e. The first-order valence-electron chi connectivity index (χ1n) is 5.73. The van der Waals surface area contributed by atoms with Crippen LogP contribution in [0.5, 0.6) is 5.75 Å². The molecule has 2 nitrogen and oxygen atoms in total. The topological polar surface area (TPSA) is 21.3 Å². The number of hydrogen-bond donors (Lipinski definition) is 1. The van der Waals surface area contributed by atoms with Crippen molar-refractivity contribution in [1.82, 2.24) is 0 Å². The first-order valence-corrected chi connectivity index (χ1v) is 6.52. The molecular formula is C14H12BrF2NO. The van der Waals surface area contributed by atoms with Crippen LogP contribution in [0.25, 0.3) is 0 Å². The van der Waals surface area contributed by atoms with E-state index in [2.05, 4.69) is 21.2 Å². The highest BCUT2D eigenvalue weighted by Crippen LogP contribution is 2.23. The Labute approximate surface area is 118 Å². The summed E-state index contributed by atoms with van der Waals surface area (Å²) < 4.78 is 32.1. The summed E-state index contributed by atoms with van der Waals surface area (Å²) in [5.41, 5.74) is 0.241. The molecular weight excluding hydrogens is 316 g/mol. The Morgan fingerprint density at radius 1 is 1.05 bits per heavy atom. The molecule has 0 aliphatic carbocycles. The van der Waals surface area contributed by atoms with Crippen molar-refractivity contribution in [1.29, 1.82) is 0 Å². The summed E-state index contributed by atoms with van der Waals surface area (Å²) in [6, 6.07) is 11.5. The number of benzene rings is 2. The zero-order valence-electron chi connectivity index (χ0n) is 10.00. The van der Waals surface area contributed by atoms with Gasteiger partial charge in [0.2, 0.25) is 0 Å². The van der Waals surface area contributed by atoms with Crippen molar-refractivity contribution in [2.75, 3.05) is 18.5 Å². The Hall–Kier alpha value is -1.62. The molecule has 0 bridgehead atoms. The van der Waals surface area contributed by atoms with Crippen molar-refractivity contribution in [3.8, 4) is 5.75 Å². The molecule has 0 aliphatic heterocycles. The molecule has 2 rings (SSSR count). The molecule has 19 heavy (non-hydrogen) atoms. The van der Waals surface area contributed by atoms with Gasteiger partial charge in [-0.2, -0.15) is 0 Å². The summed E-state index contributed by atoms with van der Waals surface area (Å²) >= 11 is 3.01. The first-order chi connectivity index (χ1) is 9.16. The molecule has 0 atom stereocenters. The van der Waals surface area contributed by atoms with E-state index in [1.165, 1.54) is 6.07 Å². The van der Waals surface area contributed by atoms with Crippen LogP contribution in [0.2, 0.25) is 0 Å². The van der Waals surface area contributed by atoms with Gasteiger partial charge in [-0.15, -0.1) is 0 Å². The highest BCUT2D eigenvalue weighted by molar-refractivity contribution is 9.10. The zero-order chi connectivity index (χ0) is 13.7. The third kappa shape index (κ3) is 3.92. The van der Waals surface area contributed by atoms with Gasteiger partial charge < -0.3 is 10.1 Å². The molecule has 0 unspecified atom stereocenters. The van der Waals surface area contributed by atoms with Crippen LogP contribution in [0.15, 0.2) is 46.9 Å². The van der Waals surface area contributed by atoms with Crippen LogP contribution in [0.4, 0.5) is 14.5 Å². The number of nitrogens with one attached hydrogen (secondary N) is 1. The van der Waals surface area contributed by atoms with Crippen LogP contribution in [0, 0.1) is 11.6 Å². The SMILES string of the molecule is Fc1cc(F)c(NCCOc2ccccc2)cc1Br. The molecule has 0 saturated carbocycles. The second-order valence-corrected chi connectivity index (χ2v) is 4.69. The normalized spacial score (nSPS) is 10.3. The summed E-state index contributed by atoms with van der Waals surface area (Å²) in [5, 5.41) is 2.85. The fourth-order valence-corrected chi connectivity index (χ4v) is 1.87. The number of rotatable bonds is 5. The van der Waals surface area contributed by atoms with E-state index in [1.54, 1.807) is 0 Å². The van der Waals surface area contributed by atoms with Crippen molar-refractivity contribution in [3.05, 3.63) is 58.6 Å². The lowest BCUT2D eigenvalue weighted by molar-refractivity contribution is 0.332. The highest BCUT2D eigenvalue weighted by Gasteiger charge is 2.07. The van der Waals surface area contributed by atoms with Crippen LogP contribution < -0.4 is 10.1 Å². The van der Waals surface area contributed by atoms with Gasteiger partial charge >= 0.3 is 0 Å². The molecule has 0 radical (unpaired) electrons. The summed E-state index contributed by atoms with van der Waals surface area (Å²) in [6.45, 7) is 0.808. The molecule has 1 N–H and O–H groups in total. The lowest BCUT2D eigenvalue weighted by Gasteiger charge is -2.10. The predicted octanol–water partition coefficient (Wildman–Crippen LogP) is 4.22. The monoisotopic (exact) mass is 327 g/mol. The summed E-state index contributed by atoms with van der Waals surface area (Å²) in [5.74, 6) is -0.492. The number of ether oxygens (including phenoxy) is 1. The second-order valence-electron chi connectivity index (χ2n) is 3.83. The Bertz CT molecular complexity index is 549. The Kier molecular flexibility index (Phi) is 4.74. The molecule has 100 valence electrons. The number of halogens is 3. The molecule has 2 aromatic rings. The lowest BCUT2D eigenvalue weighted by atomic mass is 10.3. The molecule has 0 aromatic heterocycles. The van der Waals surface area contributed by atoms with Crippen LogP contribution in [-0.4, -0.2) is 13.2 Å². The number of para-hydroxylation sites is 1. The molecule has 2 aromatic carbocycles. The van der Waals surface area contributed by atoms with Gasteiger partial charge in [0, 0.05) is 12.6 Å². The van der Waals surface area contributed by atoms with Gasteiger partial charge in [0.05, 0.1) is 10.2 Å². The molecule has 0 saturated heterocycles. The third-order valence-electron chi connectivity index (χ3n) is 2.44. The van der Waals surface area contributed by atoms with Crippen LogP contribution >= 0.6 is 15.9 Å². The van der Waals surface area contributed by atoms with Gasteiger partial charge in [0.1, 0.15) is 24.0 Å². The van der Waals surface area contributed by atoms with E-state index in [4.69, 9.17) is 4.74 Å². The van der Waals surface area contributed by atoms with Gasteiger partial charge in [0.15, 0.2) is 0 Å². The van der Waals surface area contributed by atoms with E-state index in [1.807, 2.05) is 30.3 Å². The second kappa shape index (κ2) is 6.52. The Morgan fingerprint density at radius 3 is 2.53 bits per heavy atom. The standard InChI is InChI=1S/C14H12BrF2NO/c15-11-8-14(13(17)9-12(11)16)18-6-7-19-10-4-2-1-3-5-10/h1-5,8-9,18H,6-7H2. The highest BCUT2D eigenvalue weighted by atomic mass is 79.9. The van der Waals surface area contributed by atoms with Crippen LogP contribution in [0.3, 0.4) is 0 Å². The number of anilines is 1. The fourth-order valence-electron chi connectivity index (χ4n) is 1.53. The molecule has 5 heteroatoms.